The molecule has 1 aromatic carbocycles. The van der Waals surface area contributed by atoms with Crippen molar-refractivity contribution in [3.8, 4) is 5.75 Å². The maximum Gasteiger partial charge on any atom is 0.260 e. The minimum atomic E-state index is -3.46. The van der Waals surface area contributed by atoms with Gasteiger partial charge in [0.1, 0.15) is 5.75 Å². The van der Waals surface area contributed by atoms with Gasteiger partial charge in [0.15, 0.2) is 6.10 Å². The molecule has 25 heavy (non-hydrogen) atoms. The predicted octanol–water partition coefficient (Wildman–Crippen LogP) is 2.34. The molecule has 2 N–H and O–H groups in total. The minimum absolute atomic E-state index is 0.0735. The third-order valence-corrected chi connectivity index (χ3v) is 6.20. The van der Waals surface area contributed by atoms with Crippen molar-refractivity contribution >= 4 is 15.9 Å². The molecular weight excluding hydrogens is 340 g/mol. The number of amides is 1. The highest BCUT2D eigenvalue weighted by Crippen LogP contribution is 2.23. The molecule has 2 saturated carbocycles. The number of hydrogen-bond donors (Lipinski definition) is 2. The SMILES string of the molecule is C[C@H](Oc1ccc(S(=O)(=O)NC2CC2)cc1)C(=O)NC1CCCCC1. The largest absolute Gasteiger partial charge is 0.481 e. The van der Waals surface area contributed by atoms with Crippen LogP contribution in [-0.2, 0) is 14.8 Å². The van der Waals surface area contributed by atoms with E-state index in [1.54, 1.807) is 19.1 Å². The summed E-state index contributed by atoms with van der Waals surface area (Å²) in [6, 6.07) is 6.51. The van der Waals surface area contributed by atoms with Crippen molar-refractivity contribution < 1.29 is 17.9 Å². The fourth-order valence-electron chi connectivity index (χ4n) is 3.01. The van der Waals surface area contributed by atoms with Crippen LogP contribution in [0.2, 0.25) is 0 Å². The van der Waals surface area contributed by atoms with Crippen molar-refractivity contribution in [1.82, 2.24) is 10.0 Å². The van der Waals surface area contributed by atoms with E-state index in [2.05, 4.69) is 10.0 Å². The average Bonchev–Trinajstić information content (AvgIpc) is 3.39. The van der Waals surface area contributed by atoms with Gasteiger partial charge < -0.3 is 10.1 Å². The van der Waals surface area contributed by atoms with Crippen LogP contribution >= 0.6 is 0 Å². The van der Waals surface area contributed by atoms with Gasteiger partial charge in [-0.3, -0.25) is 4.79 Å². The minimum Gasteiger partial charge on any atom is -0.481 e. The number of hydrogen-bond acceptors (Lipinski definition) is 4. The van der Waals surface area contributed by atoms with E-state index in [-0.39, 0.29) is 22.9 Å². The van der Waals surface area contributed by atoms with Crippen LogP contribution in [0.5, 0.6) is 5.75 Å². The zero-order chi connectivity index (χ0) is 17.9. The first-order valence-electron chi connectivity index (χ1n) is 9.03. The maximum absolute atomic E-state index is 12.2. The Hall–Kier alpha value is -1.60. The van der Waals surface area contributed by atoms with E-state index in [4.69, 9.17) is 4.74 Å². The molecule has 1 atom stereocenters. The molecule has 6 nitrogen and oxygen atoms in total. The fourth-order valence-corrected chi connectivity index (χ4v) is 4.31. The molecule has 1 aromatic rings. The van der Waals surface area contributed by atoms with Crippen molar-refractivity contribution in [2.45, 2.75) is 75.0 Å². The molecule has 2 fully saturated rings. The highest BCUT2D eigenvalue weighted by Gasteiger charge is 2.28. The monoisotopic (exact) mass is 366 g/mol. The molecule has 2 aliphatic carbocycles. The van der Waals surface area contributed by atoms with Gasteiger partial charge in [0, 0.05) is 12.1 Å². The Balaban J connectivity index is 1.54. The Labute approximate surface area is 149 Å². The van der Waals surface area contributed by atoms with Crippen molar-refractivity contribution in [3.63, 3.8) is 0 Å². The van der Waals surface area contributed by atoms with Crippen LogP contribution in [0.1, 0.15) is 51.9 Å². The lowest BCUT2D eigenvalue weighted by Crippen LogP contribution is -2.43. The molecule has 7 heteroatoms. The summed E-state index contributed by atoms with van der Waals surface area (Å²) in [5.74, 6) is 0.357. The first kappa shape index (κ1) is 18.2. The van der Waals surface area contributed by atoms with E-state index < -0.39 is 16.1 Å². The van der Waals surface area contributed by atoms with Crippen LogP contribution in [0.3, 0.4) is 0 Å². The van der Waals surface area contributed by atoms with Crippen LogP contribution in [0.25, 0.3) is 0 Å². The van der Waals surface area contributed by atoms with E-state index in [1.807, 2.05) is 0 Å². The topological polar surface area (TPSA) is 84.5 Å². The summed E-state index contributed by atoms with van der Waals surface area (Å²) in [4.78, 5) is 12.4. The highest BCUT2D eigenvalue weighted by atomic mass is 32.2. The van der Waals surface area contributed by atoms with Gasteiger partial charge in [0.25, 0.3) is 5.91 Å². The first-order valence-corrected chi connectivity index (χ1v) is 10.5. The molecule has 0 spiro atoms. The molecule has 0 saturated heterocycles. The summed E-state index contributed by atoms with van der Waals surface area (Å²) >= 11 is 0. The van der Waals surface area contributed by atoms with E-state index in [9.17, 15) is 13.2 Å². The second kappa shape index (κ2) is 7.74. The number of carbonyl (C=O) groups is 1. The van der Waals surface area contributed by atoms with Crippen molar-refractivity contribution in [2.24, 2.45) is 0 Å². The standard InChI is InChI=1S/C18H26N2O4S/c1-13(18(21)19-14-5-3-2-4-6-14)24-16-9-11-17(12-10-16)25(22,23)20-15-7-8-15/h9-15,20H,2-8H2,1H3,(H,19,21)/t13-/m0/s1. The van der Waals surface area contributed by atoms with E-state index in [0.717, 1.165) is 38.5 Å². The van der Waals surface area contributed by atoms with Crippen LogP contribution < -0.4 is 14.8 Å². The molecule has 0 heterocycles. The Morgan fingerprint density at radius 2 is 1.68 bits per heavy atom. The summed E-state index contributed by atoms with van der Waals surface area (Å²) in [6.45, 7) is 1.71. The summed E-state index contributed by atoms with van der Waals surface area (Å²) in [6.07, 6.45) is 6.79. The Bertz CT molecular complexity index is 692. The van der Waals surface area contributed by atoms with E-state index in [0.29, 0.717) is 5.75 Å². The van der Waals surface area contributed by atoms with Crippen LogP contribution in [0.4, 0.5) is 0 Å². The number of sulfonamides is 1. The third kappa shape index (κ3) is 5.19. The summed E-state index contributed by atoms with van der Waals surface area (Å²) in [5.41, 5.74) is 0. The molecule has 3 rings (SSSR count). The number of carbonyl (C=O) groups excluding carboxylic acids is 1. The number of ether oxygens (including phenoxy) is 1. The summed E-state index contributed by atoms with van der Waals surface area (Å²) < 4.78 is 32.5. The Morgan fingerprint density at radius 1 is 1.04 bits per heavy atom. The van der Waals surface area contributed by atoms with Gasteiger partial charge in [0.05, 0.1) is 4.90 Å². The van der Waals surface area contributed by atoms with Crippen LogP contribution in [0.15, 0.2) is 29.2 Å². The number of rotatable bonds is 7. The van der Waals surface area contributed by atoms with Crippen LogP contribution in [0, 0.1) is 0 Å². The zero-order valence-corrected chi connectivity index (χ0v) is 15.3. The second-order valence-corrected chi connectivity index (χ2v) is 8.68. The quantitative estimate of drug-likeness (QED) is 0.776. The number of benzene rings is 1. The molecule has 0 aromatic heterocycles. The van der Waals surface area contributed by atoms with Gasteiger partial charge in [-0.25, -0.2) is 13.1 Å². The number of nitrogens with one attached hydrogen (secondary N) is 2. The third-order valence-electron chi connectivity index (χ3n) is 4.67. The molecule has 0 bridgehead atoms. The molecule has 2 aliphatic rings. The molecule has 138 valence electrons. The van der Waals surface area contributed by atoms with Crippen molar-refractivity contribution in [1.29, 1.82) is 0 Å². The summed E-state index contributed by atoms with van der Waals surface area (Å²) in [7, 11) is -3.46. The first-order chi connectivity index (χ1) is 11.9. The maximum atomic E-state index is 12.2. The lowest BCUT2D eigenvalue weighted by Gasteiger charge is -2.24. The lowest BCUT2D eigenvalue weighted by atomic mass is 9.95. The summed E-state index contributed by atoms with van der Waals surface area (Å²) in [5, 5.41) is 3.03. The van der Waals surface area contributed by atoms with Crippen LogP contribution in [-0.4, -0.2) is 32.5 Å². The van der Waals surface area contributed by atoms with Gasteiger partial charge >= 0.3 is 0 Å². The lowest BCUT2D eigenvalue weighted by molar-refractivity contribution is -0.128. The highest BCUT2D eigenvalue weighted by molar-refractivity contribution is 7.89. The Morgan fingerprint density at radius 3 is 2.28 bits per heavy atom. The van der Waals surface area contributed by atoms with Gasteiger partial charge in [-0.1, -0.05) is 19.3 Å². The molecule has 0 aliphatic heterocycles. The molecular formula is C18H26N2O4S. The van der Waals surface area contributed by atoms with Crippen molar-refractivity contribution in [2.75, 3.05) is 0 Å². The molecule has 0 radical (unpaired) electrons. The molecule has 1 amide bonds. The van der Waals surface area contributed by atoms with Gasteiger partial charge in [-0.05, 0) is 56.9 Å². The average molecular weight is 366 g/mol. The second-order valence-electron chi connectivity index (χ2n) is 6.97. The van der Waals surface area contributed by atoms with Gasteiger partial charge in [0.2, 0.25) is 10.0 Å². The van der Waals surface area contributed by atoms with E-state index in [1.165, 1.54) is 18.6 Å². The van der Waals surface area contributed by atoms with Gasteiger partial charge in [-0.2, -0.15) is 0 Å². The smallest absolute Gasteiger partial charge is 0.260 e. The predicted molar refractivity (Wildman–Crippen MR) is 94.9 cm³/mol. The molecule has 0 unspecified atom stereocenters. The zero-order valence-electron chi connectivity index (χ0n) is 14.5. The van der Waals surface area contributed by atoms with Crippen molar-refractivity contribution in [3.05, 3.63) is 24.3 Å². The Kier molecular flexibility index (Phi) is 5.64. The fraction of sp³-hybridized carbons (Fsp3) is 0.611. The van der Waals surface area contributed by atoms with E-state index >= 15 is 0 Å². The normalized spacial score (nSPS) is 20.0. The van der Waals surface area contributed by atoms with Gasteiger partial charge in [-0.15, -0.1) is 0 Å².